The molecule has 0 fully saturated rings. The molecule has 184 valence electrons. The van der Waals surface area contributed by atoms with Gasteiger partial charge in [-0.3, -0.25) is 9.69 Å². The molecule has 0 radical (unpaired) electrons. The monoisotopic (exact) mass is 474 g/mol. The minimum Gasteiger partial charge on any atom is -0.497 e. The molecular weight excluding hydrogens is 440 g/mol. The van der Waals surface area contributed by atoms with Crippen molar-refractivity contribution in [2.75, 3.05) is 27.9 Å². The molecule has 0 saturated heterocycles. The highest BCUT2D eigenvalue weighted by atomic mass is 16.5. The number of hydrogen-bond acceptors (Lipinski definition) is 5. The Hall–Kier alpha value is -3.51. The van der Waals surface area contributed by atoms with E-state index >= 15 is 0 Å². The largest absolute Gasteiger partial charge is 0.497 e. The maximum Gasteiger partial charge on any atom is 0.251 e. The van der Waals surface area contributed by atoms with Crippen molar-refractivity contribution in [3.63, 3.8) is 0 Å². The van der Waals surface area contributed by atoms with E-state index < -0.39 is 0 Å². The van der Waals surface area contributed by atoms with Gasteiger partial charge < -0.3 is 19.5 Å². The number of benzene rings is 3. The average Bonchev–Trinajstić information content (AvgIpc) is 2.88. The summed E-state index contributed by atoms with van der Waals surface area (Å²) in [5.74, 6) is 2.18. The van der Waals surface area contributed by atoms with Gasteiger partial charge in [-0.25, -0.2) is 0 Å². The molecule has 6 heteroatoms. The number of carbonyl (C=O) groups is 1. The van der Waals surface area contributed by atoms with Crippen LogP contribution < -0.4 is 19.5 Å². The molecule has 0 bridgehead atoms. The molecule has 1 heterocycles. The summed E-state index contributed by atoms with van der Waals surface area (Å²) in [4.78, 5) is 15.5. The Bertz CT molecular complexity index is 1160. The zero-order chi connectivity index (χ0) is 24.9. The zero-order valence-electron chi connectivity index (χ0n) is 21.1. The molecule has 3 aromatic carbocycles. The van der Waals surface area contributed by atoms with E-state index in [1.807, 2.05) is 43.3 Å². The fourth-order valence-corrected chi connectivity index (χ4v) is 4.83. The molecule has 0 aliphatic carbocycles. The summed E-state index contributed by atoms with van der Waals surface area (Å²) >= 11 is 0. The normalized spacial score (nSPS) is 16.2. The molecule has 1 aliphatic rings. The number of nitrogens with one attached hydrogen (secondary N) is 1. The third-order valence-corrected chi connectivity index (χ3v) is 6.72. The van der Waals surface area contributed by atoms with Gasteiger partial charge in [0.1, 0.15) is 5.75 Å². The van der Waals surface area contributed by atoms with Gasteiger partial charge in [-0.05, 0) is 73.4 Å². The molecule has 0 spiro atoms. The van der Waals surface area contributed by atoms with Gasteiger partial charge in [0.2, 0.25) is 0 Å². The van der Waals surface area contributed by atoms with E-state index in [1.165, 1.54) is 11.1 Å². The summed E-state index contributed by atoms with van der Waals surface area (Å²) in [7, 11) is 4.98. The van der Waals surface area contributed by atoms with Crippen LogP contribution in [0, 0.1) is 6.92 Å². The first-order valence-electron chi connectivity index (χ1n) is 11.9. The van der Waals surface area contributed by atoms with E-state index in [-0.39, 0.29) is 18.0 Å². The Balaban J connectivity index is 1.66. The summed E-state index contributed by atoms with van der Waals surface area (Å²) < 4.78 is 16.5. The third-order valence-electron chi connectivity index (χ3n) is 6.72. The molecule has 1 amide bonds. The van der Waals surface area contributed by atoms with Crippen molar-refractivity contribution < 1.29 is 19.0 Å². The lowest BCUT2D eigenvalue weighted by molar-refractivity contribution is 0.0877. The number of ether oxygens (including phenoxy) is 3. The smallest absolute Gasteiger partial charge is 0.251 e. The fourth-order valence-electron chi connectivity index (χ4n) is 4.83. The van der Waals surface area contributed by atoms with Crippen LogP contribution in [0.2, 0.25) is 0 Å². The molecule has 3 aromatic rings. The number of carbonyl (C=O) groups excluding carboxylic acids is 1. The summed E-state index contributed by atoms with van der Waals surface area (Å²) in [6, 6.07) is 19.8. The Kier molecular flexibility index (Phi) is 7.61. The van der Waals surface area contributed by atoms with Crippen LogP contribution in [0.15, 0.2) is 60.7 Å². The van der Waals surface area contributed by atoms with Crippen LogP contribution in [0.25, 0.3) is 0 Å². The van der Waals surface area contributed by atoms with Gasteiger partial charge in [0.15, 0.2) is 11.5 Å². The van der Waals surface area contributed by atoms with Gasteiger partial charge in [-0.15, -0.1) is 0 Å². The summed E-state index contributed by atoms with van der Waals surface area (Å²) in [5.41, 5.74) is 5.35. The molecular formula is C29H34N2O4. The Labute approximate surface area is 207 Å². The molecule has 35 heavy (non-hydrogen) atoms. The summed E-state index contributed by atoms with van der Waals surface area (Å²) in [6.45, 7) is 5.71. The van der Waals surface area contributed by atoms with E-state index in [9.17, 15) is 4.79 Å². The van der Waals surface area contributed by atoms with Crippen molar-refractivity contribution in [3.8, 4) is 17.2 Å². The van der Waals surface area contributed by atoms with Crippen molar-refractivity contribution in [2.45, 2.75) is 38.9 Å². The molecule has 0 unspecified atom stereocenters. The van der Waals surface area contributed by atoms with Gasteiger partial charge in [0.05, 0.1) is 27.4 Å². The second-order valence-corrected chi connectivity index (χ2v) is 9.05. The summed E-state index contributed by atoms with van der Waals surface area (Å²) in [6.07, 6.45) is 0.890. The number of methoxy groups -OCH3 is 3. The first-order chi connectivity index (χ1) is 16.9. The standard InChI is InChI=1S/C29H34N2O4/c1-19-6-10-22(11-7-19)29(32)30-20(2)28-25-17-27(35-5)26(34-4)16-23(25)14-15-31(28)18-21-8-12-24(33-3)13-9-21/h6-13,16-17,20,28H,14-15,18H2,1-5H3,(H,30,32)/t20-,28-/m1/s1. The predicted octanol–water partition coefficient (Wildman–Crippen LogP) is 4.94. The minimum atomic E-state index is -0.140. The molecule has 0 aromatic heterocycles. The van der Waals surface area contributed by atoms with Crippen molar-refractivity contribution in [3.05, 3.63) is 88.5 Å². The zero-order valence-corrected chi connectivity index (χ0v) is 21.1. The van der Waals surface area contributed by atoms with Crippen molar-refractivity contribution in [1.29, 1.82) is 0 Å². The Morgan fingerprint density at radius 1 is 0.971 bits per heavy atom. The van der Waals surface area contributed by atoms with Crippen LogP contribution in [0.5, 0.6) is 17.2 Å². The first kappa shape index (κ1) is 24.6. The number of rotatable bonds is 8. The average molecular weight is 475 g/mol. The van der Waals surface area contributed by atoms with E-state index in [2.05, 4.69) is 41.4 Å². The first-order valence-corrected chi connectivity index (χ1v) is 11.9. The van der Waals surface area contributed by atoms with Gasteiger partial charge in [0, 0.05) is 24.7 Å². The highest BCUT2D eigenvalue weighted by Gasteiger charge is 2.34. The molecule has 2 atom stereocenters. The van der Waals surface area contributed by atoms with Gasteiger partial charge in [-0.2, -0.15) is 0 Å². The summed E-state index contributed by atoms with van der Waals surface area (Å²) in [5, 5.41) is 3.25. The van der Waals surface area contributed by atoms with Crippen LogP contribution >= 0.6 is 0 Å². The molecule has 1 aliphatic heterocycles. The number of fused-ring (bicyclic) bond motifs is 1. The predicted molar refractivity (Wildman–Crippen MR) is 138 cm³/mol. The fraction of sp³-hybridized carbons (Fsp3) is 0.345. The second kappa shape index (κ2) is 10.8. The number of aryl methyl sites for hydroxylation is 1. The van der Waals surface area contributed by atoms with Crippen molar-refractivity contribution >= 4 is 5.91 Å². The highest BCUT2D eigenvalue weighted by Crippen LogP contribution is 2.40. The topological polar surface area (TPSA) is 60.0 Å². The van der Waals surface area contributed by atoms with E-state index in [1.54, 1.807) is 21.3 Å². The van der Waals surface area contributed by atoms with E-state index in [0.717, 1.165) is 42.1 Å². The van der Waals surface area contributed by atoms with Gasteiger partial charge in [-0.1, -0.05) is 29.8 Å². The van der Waals surface area contributed by atoms with Crippen LogP contribution in [0.4, 0.5) is 0 Å². The van der Waals surface area contributed by atoms with Crippen LogP contribution in [-0.4, -0.2) is 44.7 Å². The van der Waals surface area contributed by atoms with Crippen molar-refractivity contribution in [2.24, 2.45) is 0 Å². The van der Waals surface area contributed by atoms with Crippen molar-refractivity contribution in [1.82, 2.24) is 10.2 Å². The lowest BCUT2D eigenvalue weighted by atomic mass is 9.87. The van der Waals surface area contributed by atoms with Gasteiger partial charge >= 0.3 is 0 Å². The third kappa shape index (κ3) is 5.43. The SMILES string of the molecule is COc1ccc(CN2CCc3cc(OC)c(OC)cc3[C@H]2[C@@H](C)NC(=O)c2ccc(C)cc2)cc1. The van der Waals surface area contributed by atoms with E-state index in [0.29, 0.717) is 11.3 Å². The lowest BCUT2D eigenvalue weighted by Gasteiger charge is -2.41. The number of hydrogen-bond donors (Lipinski definition) is 1. The Morgan fingerprint density at radius 3 is 2.26 bits per heavy atom. The minimum absolute atomic E-state index is 0.0324. The Morgan fingerprint density at radius 2 is 1.63 bits per heavy atom. The maximum absolute atomic E-state index is 13.1. The molecule has 1 N–H and O–H groups in total. The van der Waals surface area contributed by atoms with E-state index in [4.69, 9.17) is 14.2 Å². The molecule has 6 nitrogen and oxygen atoms in total. The molecule has 4 rings (SSSR count). The maximum atomic E-state index is 13.1. The van der Waals surface area contributed by atoms with Crippen LogP contribution in [0.1, 0.15) is 45.6 Å². The number of amides is 1. The highest BCUT2D eigenvalue weighted by molar-refractivity contribution is 5.94. The van der Waals surface area contributed by atoms with Crippen LogP contribution in [-0.2, 0) is 13.0 Å². The lowest BCUT2D eigenvalue weighted by Crippen LogP contribution is -2.47. The van der Waals surface area contributed by atoms with Crippen LogP contribution in [0.3, 0.4) is 0 Å². The molecule has 0 saturated carbocycles. The van der Waals surface area contributed by atoms with Gasteiger partial charge in [0.25, 0.3) is 5.91 Å². The number of nitrogens with zero attached hydrogens (tertiary/aromatic N) is 1. The second-order valence-electron chi connectivity index (χ2n) is 9.05. The quantitative estimate of drug-likeness (QED) is 0.501.